The van der Waals surface area contributed by atoms with E-state index < -0.39 is 16.2 Å². The molecule has 1 heterocycles. The van der Waals surface area contributed by atoms with Crippen LogP contribution in [-0.4, -0.2) is 39.0 Å². The smallest absolute Gasteiger partial charge is 0.264 e. The standard InChI is InChI=1S/C20H27NO5S2/c1-11-15(26-28(2,24)25)7-8-16-18(11)19(20(23)21-10-12-3-4-12)17(27-16)9-14(22)13-5-6-13/h11-13,15H,3-10H2,1-2H3,(H,21,23)/t11-,15-/m1/s1. The van der Waals surface area contributed by atoms with Gasteiger partial charge in [0.1, 0.15) is 5.78 Å². The zero-order valence-corrected chi connectivity index (χ0v) is 18.0. The van der Waals surface area contributed by atoms with Gasteiger partial charge in [0.05, 0.1) is 17.9 Å². The van der Waals surface area contributed by atoms with E-state index in [2.05, 4.69) is 5.32 Å². The van der Waals surface area contributed by atoms with Gasteiger partial charge in [-0.15, -0.1) is 11.3 Å². The van der Waals surface area contributed by atoms with Crippen molar-refractivity contribution in [1.82, 2.24) is 5.32 Å². The van der Waals surface area contributed by atoms with E-state index in [0.717, 1.165) is 47.3 Å². The summed E-state index contributed by atoms with van der Waals surface area (Å²) in [6.45, 7) is 2.59. The second kappa shape index (κ2) is 7.54. The molecule has 6 nitrogen and oxygen atoms in total. The third kappa shape index (κ3) is 4.49. The third-order valence-electron chi connectivity index (χ3n) is 5.91. The Morgan fingerprint density at radius 3 is 2.50 bits per heavy atom. The number of thiophene rings is 1. The van der Waals surface area contributed by atoms with E-state index in [1.165, 1.54) is 0 Å². The molecule has 3 aliphatic rings. The molecule has 1 amide bonds. The van der Waals surface area contributed by atoms with Crippen LogP contribution in [0, 0.1) is 11.8 Å². The largest absolute Gasteiger partial charge is 0.352 e. The van der Waals surface area contributed by atoms with Crippen molar-refractivity contribution in [2.24, 2.45) is 11.8 Å². The summed E-state index contributed by atoms with van der Waals surface area (Å²) < 4.78 is 28.6. The maximum absolute atomic E-state index is 13.1. The molecule has 1 N–H and O–H groups in total. The number of aryl methyl sites for hydroxylation is 1. The van der Waals surface area contributed by atoms with Crippen LogP contribution >= 0.6 is 11.3 Å². The number of hydrogen-bond acceptors (Lipinski definition) is 6. The Labute approximate surface area is 170 Å². The van der Waals surface area contributed by atoms with Crippen molar-refractivity contribution in [1.29, 1.82) is 0 Å². The summed E-state index contributed by atoms with van der Waals surface area (Å²) in [7, 11) is -3.57. The highest BCUT2D eigenvalue weighted by Crippen LogP contribution is 2.43. The summed E-state index contributed by atoms with van der Waals surface area (Å²) in [6.07, 6.45) is 6.36. The van der Waals surface area contributed by atoms with Gasteiger partial charge in [0, 0.05) is 34.6 Å². The normalized spacial score (nSPS) is 24.6. The first-order valence-corrected chi connectivity index (χ1v) is 12.7. The van der Waals surface area contributed by atoms with Gasteiger partial charge in [-0.3, -0.25) is 13.8 Å². The van der Waals surface area contributed by atoms with Crippen LogP contribution in [0.1, 0.15) is 70.6 Å². The van der Waals surface area contributed by atoms with E-state index >= 15 is 0 Å². The minimum atomic E-state index is -3.57. The third-order valence-corrected chi connectivity index (χ3v) is 7.77. The average Bonchev–Trinajstić information content (AvgIpc) is 3.50. The van der Waals surface area contributed by atoms with E-state index in [9.17, 15) is 18.0 Å². The monoisotopic (exact) mass is 425 g/mol. The Hall–Kier alpha value is -1.25. The van der Waals surface area contributed by atoms with Gasteiger partial charge in [0.2, 0.25) is 0 Å². The van der Waals surface area contributed by atoms with Crippen LogP contribution in [0.4, 0.5) is 0 Å². The summed E-state index contributed by atoms with van der Waals surface area (Å²) in [4.78, 5) is 27.4. The number of rotatable bonds is 8. The Morgan fingerprint density at radius 2 is 1.89 bits per heavy atom. The second-order valence-corrected chi connectivity index (χ2v) is 11.3. The van der Waals surface area contributed by atoms with Crippen molar-refractivity contribution < 1.29 is 22.2 Å². The number of amides is 1. The van der Waals surface area contributed by atoms with E-state index in [1.807, 2.05) is 6.92 Å². The number of carbonyl (C=O) groups excluding carboxylic acids is 2. The average molecular weight is 426 g/mol. The van der Waals surface area contributed by atoms with Gasteiger partial charge >= 0.3 is 0 Å². The SMILES string of the molecule is C[C@H]1c2c(sc(CC(=O)C3CC3)c2C(=O)NCC2CC2)CC[C@H]1OS(C)(=O)=O. The minimum absolute atomic E-state index is 0.130. The summed E-state index contributed by atoms with van der Waals surface area (Å²) >= 11 is 1.55. The molecule has 1 aromatic rings. The molecule has 2 fully saturated rings. The first-order valence-electron chi connectivity index (χ1n) is 10.1. The Balaban J connectivity index is 1.64. The Bertz CT molecular complexity index is 896. The lowest BCUT2D eigenvalue weighted by Crippen LogP contribution is -2.32. The van der Waals surface area contributed by atoms with Crippen LogP contribution in [0.25, 0.3) is 0 Å². The fourth-order valence-electron chi connectivity index (χ4n) is 4.01. The highest BCUT2D eigenvalue weighted by atomic mass is 32.2. The van der Waals surface area contributed by atoms with Crippen LogP contribution in [0.2, 0.25) is 0 Å². The van der Waals surface area contributed by atoms with Crippen LogP contribution in [0.5, 0.6) is 0 Å². The molecule has 28 heavy (non-hydrogen) atoms. The summed E-state index contributed by atoms with van der Waals surface area (Å²) in [5.74, 6) is 0.594. The minimum Gasteiger partial charge on any atom is -0.352 e. The quantitative estimate of drug-likeness (QED) is 0.647. The van der Waals surface area contributed by atoms with Gasteiger partial charge < -0.3 is 5.32 Å². The van der Waals surface area contributed by atoms with Crippen molar-refractivity contribution in [2.45, 2.75) is 63.9 Å². The number of Topliss-reactive ketones (excluding diaryl/α,β-unsaturated/α-hetero) is 1. The van der Waals surface area contributed by atoms with Gasteiger partial charge in [0.25, 0.3) is 16.0 Å². The number of nitrogens with one attached hydrogen (secondary N) is 1. The maximum atomic E-state index is 13.1. The van der Waals surface area contributed by atoms with Crippen molar-refractivity contribution in [3.05, 3.63) is 20.9 Å². The zero-order valence-electron chi connectivity index (χ0n) is 16.3. The van der Waals surface area contributed by atoms with E-state index in [0.29, 0.717) is 37.3 Å². The van der Waals surface area contributed by atoms with Gasteiger partial charge in [0.15, 0.2) is 0 Å². The van der Waals surface area contributed by atoms with Crippen LogP contribution in [0.15, 0.2) is 0 Å². The van der Waals surface area contributed by atoms with Gasteiger partial charge in [-0.25, -0.2) is 0 Å². The molecule has 0 saturated heterocycles. The zero-order chi connectivity index (χ0) is 20.1. The molecule has 0 aliphatic heterocycles. The Morgan fingerprint density at radius 1 is 1.18 bits per heavy atom. The highest BCUT2D eigenvalue weighted by Gasteiger charge is 2.38. The van der Waals surface area contributed by atoms with Gasteiger partial charge in [-0.05, 0) is 50.0 Å². The predicted octanol–water partition coefficient (Wildman–Crippen LogP) is 2.80. The topological polar surface area (TPSA) is 89.5 Å². The second-order valence-electron chi connectivity index (χ2n) is 8.47. The molecular weight excluding hydrogens is 398 g/mol. The molecule has 0 unspecified atom stereocenters. The van der Waals surface area contributed by atoms with Gasteiger partial charge in [-0.2, -0.15) is 8.42 Å². The lowest BCUT2D eigenvalue weighted by atomic mass is 9.83. The molecule has 0 spiro atoms. The predicted molar refractivity (Wildman–Crippen MR) is 107 cm³/mol. The molecule has 8 heteroatoms. The lowest BCUT2D eigenvalue weighted by molar-refractivity contribution is -0.119. The van der Waals surface area contributed by atoms with Crippen LogP contribution in [0.3, 0.4) is 0 Å². The molecule has 154 valence electrons. The molecule has 0 bridgehead atoms. The molecule has 4 rings (SSSR count). The number of hydrogen-bond donors (Lipinski definition) is 1. The number of fused-ring (bicyclic) bond motifs is 1. The fourth-order valence-corrected chi connectivity index (χ4v) is 6.15. The maximum Gasteiger partial charge on any atom is 0.264 e. The molecule has 2 atom stereocenters. The molecule has 2 saturated carbocycles. The van der Waals surface area contributed by atoms with E-state index in [-0.39, 0.29) is 23.5 Å². The number of carbonyl (C=O) groups is 2. The molecule has 1 aromatic heterocycles. The highest BCUT2D eigenvalue weighted by molar-refractivity contribution is 7.86. The molecule has 3 aliphatic carbocycles. The first kappa shape index (κ1) is 20.0. The fraction of sp³-hybridized carbons (Fsp3) is 0.700. The Kier molecular flexibility index (Phi) is 5.39. The van der Waals surface area contributed by atoms with Crippen molar-refractivity contribution in [3.63, 3.8) is 0 Å². The van der Waals surface area contributed by atoms with E-state index in [1.54, 1.807) is 11.3 Å². The summed E-state index contributed by atoms with van der Waals surface area (Å²) in [5.41, 5.74) is 1.49. The molecular formula is C20H27NO5S2. The van der Waals surface area contributed by atoms with Gasteiger partial charge in [-0.1, -0.05) is 6.92 Å². The first-order chi connectivity index (χ1) is 13.2. The van der Waals surface area contributed by atoms with Crippen molar-refractivity contribution in [3.8, 4) is 0 Å². The molecule has 0 radical (unpaired) electrons. The number of ketones is 1. The molecule has 0 aromatic carbocycles. The van der Waals surface area contributed by atoms with Crippen LogP contribution in [-0.2, 0) is 31.9 Å². The van der Waals surface area contributed by atoms with Crippen molar-refractivity contribution >= 4 is 33.1 Å². The summed E-state index contributed by atoms with van der Waals surface area (Å²) in [5, 5.41) is 3.04. The van der Waals surface area contributed by atoms with Crippen LogP contribution < -0.4 is 5.32 Å². The van der Waals surface area contributed by atoms with E-state index in [4.69, 9.17) is 4.18 Å². The summed E-state index contributed by atoms with van der Waals surface area (Å²) in [6, 6.07) is 0. The lowest BCUT2D eigenvalue weighted by Gasteiger charge is -2.29. The van der Waals surface area contributed by atoms with Crippen molar-refractivity contribution in [2.75, 3.05) is 12.8 Å².